The standard InChI is InChI=1S/C11H14F3N3O3/c12-11(13,14)7-16(3-4-18)6-8-1-2-9(15)10(5-8)17(19)20/h1-2,5,18H,3-4,6-7,15H2. The first kappa shape index (κ1) is 16.2. The molecule has 112 valence electrons. The molecule has 1 aromatic carbocycles. The molecule has 0 aliphatic heterocycles. The molecule has 0 atom stereocenters. The zero-order chi connectivity index (χ0) is 15.3. The van der Waals surface area contributed by atoms with E-state index in [1.807, 2.05) is 0 Å². The molecule has 0 bridgehead atoms. The van der Waals surface area contributed by atoms with Crippen molar-refractivity contribution >= 4 is 11.4 Å². The number of hydrogen-bond acceptors (Lipinski definition) is 5. The first-order valence-corrected chi connectivity index (χ1v) is 5.65. The van der Waals surface area contributed by atoms with Crippen LogP contribution >= 0.6 is 0 Å². The lowest BCUT2D eigenvalue weighted by Crippen LogP contribution is -2.35. The number of nitro benzene ring substituents is 1. The van der Waals surface area contributed by atoms with Gasteiger partial charge in [0.1, 0.15) is 5.69 Å². The van der Waals surface area contributed by atoms with Gasteiger partial charge in [0.2, 0.25) is 0 Å². The zero-order valence-electron chi connectivity index (χ0n) is 10.4. The van der Waals surface area contributed by atoms with Crippen molar-refractivity contribution < 1.29 is 23.2 Å². The third-order valence-electron chi connectivity index (χ3n) is 2.52. The Hall–Kier alpha value is -1.87. The summed E-state index contributed by atoms with van der Waals surface area (Å²) in [5.74, 6) is 0. The number of rotatable bonds is 6. The number of nitrogen functional groups attached to an aromatic ring is 1. The average molecular weight is 293 g/mol. The Morgan fingerprint density at radius 1 is 1.40 bits per heavy atom. The summed E-state index contributed by atoms with van der Waals surface area (Å²) in [5, 5.41) is 19.5. The molecule has 3 N–H and O–H groups in total. The summed E-state index contributed by atoms with van der Waals surface area (Å²) in [7, 11) is 0. The van der Waals surface area contributed by atoms with Crippen molar-refractivity contribution in [3.05, 3.63) is 33.9 Å². The minimum atomic E-state index is -4.41. The van der Waals surface area contributed by atoms with Crippen LogP contribution in [0.5, 0.6) is 0 Å². The van der Waals surface area contributed by atoms with E-state index in [1.54, 1.807) is 0 Å². The highest BCUT2D eigenvalue weighted by molar-refractivity contribution is 5.59. The number of anilines is 1. The summed E-state index contributed by atoms with van der Waals surface area (Å²) < 4.78 is 37.1. The lowest BCUT2D eigenvalue weighted by molar-refractivity contribution is -0.384. The van der Waals surface area contributed by atoms with E-state index in [9.17, 15) is 23.3 Å². The van der Waals surface area contributed by atoms with E-state index in [4.69, 9.17) is 10.8 Å². The number of aliphatic hydroxyl groups is 1. The van der Waals surface area contributed by atoms with E-state index in [2.05, 4.69) is 0 Å². The van der Waals surface area contributed by atoms with Crippen molar-refractivity contribution in [2.75, 3.05) is 25.4 Å². The van der Waals surface area contributed by atoms with Gasteiger partial charge in [0, 0.05) is 19.2 Å². The van der Waals surface area contributed by atoms with Gasteiger partial charge in [-0.3, -0.25) is 15.0 Å². The molecular formula is C11H14F3N3O3. The van der Waals surface area contributed by atoms with Gasteiger partial charge in [-0.25, -0.2) is 0 Å². The van der Waals surface area contributed by atoms with Crippen LogP contribution in [0, 0.1) is 10.1 Å². The van der Waals surface area contributed by atoms with Crippen molar-refractivity contribution in [3.63, 3.8) is 0 Å². The summed E-state index contributed by atoms with van der Waals surface area (Å²) in [6.07, 6.45) is -4.41. The molecule has 0 spiro atoms. The van der Waals surface area contributed by atoms with Crippen LogP contribution in [0.2, 0.25) is 0 Å². The summed E-state index contributed by atoms with van der Waals surface area (Å²) in [5.41, 5.74) is 5.33. The van der Waals surface area contributed by atoms with E-state index < -0.39 is 24.3 Å². The number of hydrogen-bond donors (Lipinski definition) is 2. The molecule has 0 aliphatic rings. The third kappa shape index (κ3) is 5.02. The van der Waals surface area contributed by atoms with Crippen LogP contribution in [-0.4, -0.2) is 40.8 Å². The Kier molecular flexibility index (Phi) is 5.28. The number of halogens is 3. The second kappa shape index (κ2) is 6.53. The smallest absolute Gasteiger partial charge is 0.395 e. The minimum absolute atomic E-state index is 0.0525. The van der Waals surface area contributed by atoms with Crippen LogP contribution in [0.4, 0.5) is 24.5 Å². The molecule has 0 heterocycles. The number of aliphatic hydroxyl groups excluding tert-OH is 1. The Morgan fingerprint density at radius 3 is 2.55 bits per heavy atom. The molecule has 0 saturated carbocycles. The maximum atomic E-state index is 12.4. The topological polar surface area (TPSA) is 92.6 Å². The van der Waals surface area contributed by atoms with Crippen LogP contribution < -0.4 is 5.73 Å². The molecule has 0 fully saturated rings. The predicted octanol–water partition coefficient (Wildman–Crippen LogP) is 1.53. The number of benzene rings is 1. The van der Waals surface area contributed by atoms with Gasteiger partial charge in [0.25, 0.3) is 5.69 Å². The molecule has 0 aliphatic carbocycles. The van der Waals surface area contributed by atoms with Gasteiger partial charge in [-0.05, 0) is 11.6 Å². The first-order chi connectivity index (χ1) is 9.23. The number of alkyl halides is 3. The molecule has 0 radical (unpaired) electrons. The minimum Gasteiger partial charge on any atom is -0.395 e. The molecular weight excluding hydrogens is 279 g/mol. The molecule has 20 heavy (non-hydrogen) atoms. The summed E-state index contributed by atoms with van der Waals surface area (Å²) in [6, 6.07) is 3.83. The number of nitro groups is 1. The molecule has 9 heteroatoms. The Labute approximate surface area is 112 Å². The van der Waals surface area contributed by atoms with E-state index in [1.165, 1.54) is 12.1 Å². The maximum Gasteiger partial charge on any atom is 0.401 e. The summed E-state index contributed by atoms with van der Waals surface area (Å²) in [4.78, 5) is 11.0. The third-order valence-corrected chi connectivity index (χ3v) is 2.52. The maximum absolute atomic E-state index is 12.4. The number of nitrogens with zero attached hydrogens (tertiary/aromatic N) is 2. The largest absolute Gasteiger partial charge is 0.401 e. The molecule has 1 aromatic rings. The van der Waals surface area contributed by atoms with Crippen LogP contribution in [0.3, 0.4) is 0 Å². The Morgan fingerprint density at radius 2 is 2.05 bits per heavy atom. The van der Waals surface area contributed by atoms with Gasteiger partial charge < -0.3 is 10.8 Å². The second-order valence-electron chi connectivity index (χ2n) is 4.20. The van der Waals surface area contributed by atoms with Crippen molar-refractivity contribution in [1.29, 1.82) is 0 Å². The molecule has 0 aromatic heterocycles. The second-order valence-corrected chi connectivity index (χ2v) is 4.20. The number of nitrogens with two attached hydrogens (primary N) is 1. The summed E-state index contributed by atoms with van der Waals surface area (Å²) >= 11 is 0. The fourth-order valence-electron chi connectivity index (χ4n) is 1.71. The van der Waals surface area contributed by atoms with Crippen LogP contribution in [0.15, 0.2) is 18.2 Å². The van der Waals surface area contributed by atoms with Crippen LogP contribution in [0.1, 0.15) is 5.56 Å². The van der Waals surface area contributed by atoms with Gasteiger partial charge in [0.15, 0.2) is 0 Å². The van der Waals surface area contributed by atoms with E-state index in [0.717, 1.165) is 11.0 Å². The lowest BCUT2D eigenvalue weighted by atomic mass is 10.1. The highest BCUT2D eigenvalue weighted by Crippen LogP contribution is 2.24. The fourth-order valence-corrected chi connectivity index (χ4v) is 1.71. The SMILES string of the molecule is Nc1ccc(CN(CCO)CC(F)(F)F)cc1[N+](=O)[O-]. The van der Waals surface area contributed by atoms with Crippen molar-refractivity contribution in [2.24, 2.45) is 0 Å². The van der Waals surface area contributed by atoms with Crippen molar-refractivity contribution in [2.45, 2.75) is 12.7 Å². The van der Waals surface area contributed by atoms with Crippen molar-refractivity contribution in [3.8, 4) is 0 Å². The Bertz CT molecular complexity index is 480. The average Bonchev–Trinajstić information content (AvgIpc) is 2.29. The van der Waals surface area contributed by atoms with Crippen molar-refractivity contribution in [1.82, 2.24) is 4.90 Å². The summed E-state index contributed by atoms with van der Waals surface area (Å²) in [6.45, 7) is -1.99. The monoisotopic (exact) mass is 293 g/mol. The van der Waals surface area contributed by atoms with Crippen LogP contribution in [-0.2, 0) is 6.54 Å². The van der Waals surface area contributed by atoms with E-state index in [0.29, 0.717) is 5.56 Å². The molecule has 0 saturated heterocycles. The molecule has 6 nitrogen and oxygen atoms in total. The first-order valence-electron chi connectivity index (χ1n) is 5.65. The molecule has 1 rings (SSSR count). The predicted molar refractivity (Wildman–Crippen MR) is 65.9 cm³/mol. The van der Waals surface area contributed by atoms with Crippen LogP contribution in [0.25, 0.3) is 0 Å². The van der Waals surface area contributed by atoms with E-state index in [-0.39, 0.29) is 24.5 Å². The molecule has 0 amide bonds. The lowest BCUT2D eigenvalue weighted by Gasteiger charge is -2.22. The zero-order valence-corrected chi connectivity index (χ0v) is 10.4. The fraction of sp³-hybridized carbons (Fsp3) is 0.455. The van der Waals surface area contributed by atoms with Gasteiger partial charge in [-0.2, -0.15) is 13.2 Å². The van der Waals surface area contributed by atoms with Gasteiger partial charge in [-0.1, -0.05) is 6.07 Å². The van der Waals surface area contributed by atoms with Gasteiger partial charge >= 0.3 is 6.18 Å². The highest BCUT2D eigenvalue weighted by atomic mass is 19.4. The normalized spacial score (nSPS) is 11.8. The molecule has 0 unspecified atom stereocenters. The quantitative estimate of drug-likeness (QED) is 0.471. The van der Waals surface area contributed by atoms with Gasteiger partial charge in [-0.15, -0.1) is 0 Å². The highest BCUT2D eigenvalue weighted by Gasteiger charge is 2.30. The Balaban J connectivity index is 2.88. The van der Waals surface area contributed by atoms with Gasteiger partial charge in [0.05, 0.1) is 18.1 Å². The van der Waals surface area contributed by atoms with E-state index >= 15 is 0 Å².